The molecule has 0 aliphatic heterocycles. The van der Waals surface area contributed by atoms with Crippen molar-refractivity contribution >= 4 is 16.9 Å². The van der Waals surface area contributed by atoms with Gasteiger partial charge in [-0.15, -0.1) is 0 Å². The Morgan fingerprint density at radius 2 is 1.83 bits per heavy atom. The number of amides is 1. The summed E-state index contributed by atoms with van der Waals surface area (Å²) in [6.07, 6.45) is -1.86. The highest BCUT2D eigenvalue weighted by Gasteiger charge is 2.71. The van der Waals surface area contributed by atoms with E-state index in [1.165, 1.54) is 6.20 Å². The Morgan fingerprint density at radius 3 is 2.50 bits per heavy atom. The van der Waals surface area contributed by atoms with Gasteiger partial charge < -0.3 is 5.32 Å². The summed E-state index contributed by atoms with van der Waals surface area (Å²) in [6.45, 7) is 0.757. The minimum absolute atomic E-state index is 0.156. The van der Waals surface area contributed by atoms with Crippen LogP contribution in [0.15, 0.2) is 54.7 Å². The molecule has 46 heavy (non-hydrogen) atoms. The molecule has 2 aromatic carbocycles. The van der Waals surface area contributed by atoms with Crippen LogP contribution in [0.2, 0.25) is 0 Å². The van der Waals surface area contributed by atoms with Crippen molar-refractivity contribution in [2.75, 3.05) is 0 Å². The largest absolute Gasteiger partial charge is 0.346 e. The summed E-state index contributed by atoms with van der Waals surface area (Å²) < 4.78 is 87.6. The molecule has 1 fully saturated rings. The number of alkyl halides is 4. The number of H-pyrrole nitrogens is 1. The normalized spacial score (nSPS) is 19.9. The maximum Gasteiger partial charge on any atom is 0.293 e. The summed E-state index contributed by atoms with van der Waals surface area (Å²) in [5.41, 5.74) is 1.13. The van der Waals surface area contributed by atoms with E-state index in [1.54, 1.807) is 37.3 Å². The number of pyridine rings is 1. The van der Waals surface area contributed by atoms with Gasteiger partial charge in [-0.1, -0.05) is 19.1 Å². The van der Waals surface area contributed by atoms with E-state index in [-0.39, 0.29) is 23.2 Å². The fourth-order valence-electron chi connectivity index (χ4n) is 6.74. The minimum Gasteiger partial charge on any atom is -0.346 e. The van der Waals surface area contributed by atoms with Gasteiger partial charge in [0.05, 0.1) is 35.1 Å². The van der Waals surface area contributed by atoms with Crippen LogP contribution in [0, 0.1) is 34.8 Å². The van der Waals surface area contributed by atoms with Crippen LogP contribution in [0.5, 0.6) is 0 Å². The smallest absolute Gasteiger partial charge is 0.293 e. The van der Waals surface area contributed by atoms with Crippen molar-refractivity contribution in [3.05, 3.63) is 100 Å². The van der Waals surface area contributed by atoms with E-state index in [4.69, 9.17) is 0 Å². The van der Waals surface area contributed by atoms with Gasteiger partial charge in [0.2, 0.25) is 5.91 Å². The lowest BCUT2D eigenvalue weighted by Gasteiger charge is -2.23. The van der Waals surface area contributed by atoms with Crippen molar-refractivity contribution < 1.29 is 31.1 Å². The number of carbonyl (C=O) groups is 1. The number of benzene rings is 2. The lowest BCUT2D eigenvalue weighted by molar-refractivity contribution is -0.123. The maximum atomic E-state index is 15.4. The van der Waals surface area contributed by atoms with Crippen molar-refractivity contribution in [1.82, 2.24) is 30.3 Å². The zero-order valence-corrected chi connectivity index (χ0v) is 23.9. The van der Waals surface area contributed by atoms with Crippen molar-refractivity contribution in [3.63, 3.8) is 0 Å². The van der Waals surface area contributed by atoms with E-state index >= 15 is 8.78 Å². The first-order valence-electron chi connectivity index (χ1n) is 14.3. The van der Waals surface area contributed by atoms with Crippen LogP contribution in [0.25, 0.3) is 22.2 Å². The number of hydrogen-bond donors (Lipinski definition) is 2. The lowest BCUT2D eigenvalue weighted by atomic mass is 9.94. The Hall–Kier alpha value is -5.19. The fourth-order valence-corrected chi connectivity index (χ4v) is 6.74. The van der Waals surface area contributed by atoms with Crippen LogP contribution in [-0.2, 0) is 23.7 Å². The highest BCUT2D eigenvalue weighted by Crippen LogP contribution is 2.71. The van der Waals surface area contributed by atoms with Crippen molar-refractivity contribution in [1.29, 1.82) is 5.26 Å². The molecule has 0 radical (unpaired) electrons. The lowest BCUT2D eigenvalue weighted by Crippen LogP contribution is -2.35. The average Bonchev–Trinajstić information content (AvgIpc) is 3.28. The maximum absolute atomic E-state index is 15.4. The summed E-state index contributed by atoms with van der Waals surface area (Å²) in [5, 5.41) is 22.6. The van der Waals surface area contributed by atoms with Crippen LogP contribution < -0.4 is 5.32 Å². The molecule has 3 unspecified atom stereocenters. The predicted molar refractivity (Wildman–Crippen MR) is 151 cm³/mol. The van der Waals surface area contributed by atoms with Gasteiger partial charge in [0.15, 0.2) is 0 Å². The van der Waals surface area contributed by atoms with E-state index in [1.807, 2.05) is 6.07 Å². The zero-order valence-electron chi connectivity index (χ0n) is 23.9. The number of nitrogens with zero attached hydrogens (tertiary/aromatic N) is 5. The van der Waals surface area contributed by atoms with E-state index in [2.05, 4.69) is 25.6 Å². The standard InChI is InChI=1S/C32H23F6N7O/c1-14-25-26-29(31(35)36)44-45(30(26)32(37,38)27(14)25)13-24(46)41-22(8-16-6-18(33)9-19(34)7-16)28-20(10-21-23(42-28)12-40-43-21)17-4-2-15(11-39)3-5-17/h2-7,9-10,12,14,22,25,27,31H,8,13H2,1H3,(H,40,43)(H,41,46)/t14?,22-,25?,27?/m0/s1. The summed E-state index contributed by atoms with van der Waals surface area (Å²) in [6, 6.07) is 12.0. The van der Waals surface area contributed by atoms with Crippen molar-refractivity contribution in [2.24, 2.45) is 11.8 Å². The van der Waals surface area contributed by atoms with Gasteiger partial charge in [0.25, 0.3) is 12.3 Å². The Labute approximate surface area is 257 Å². The molecule has 7 rings (SSSR count). The predicted octanol–water partition coefficient (Wildman–Crippen LogP) is 6.46. The van der Waals surface area contributed by atoms with E-state index < -0.39 is 71.6 Å². The van der Waals surface area contributed by atoms with E-state index in [0.717, 1.165) is 12.1 Å². The van der Waals surface area contributed by atoms with Crippen LogP contribution in [0.4, 0.5) is 26.3 Å². The molecule has 2 aliphatic rings. The number of halogens is 6. The minimum atomic E-state index is -3.45. The Balaban J connectivity index is 1.29. The summed E-state index contributed by atoms with van der Waals surface area (Å²) in [4.78, 5) is 18.3. The number of fused-ring (bicyclic) bond motifs is 4. The molecule has 4 atom stereocenters. The van der Waals surface area contributed by atoms with Gasteiger partial charge in [-0.25, -0.2) is 22.5 Å². The molecule has 234 valence electrons. The van der Waals surface area contributed by atoms with Crippen LogP contribution in [-0.4, -0.2) is 30.9 Å². The van der Waals surface area contributed by atoms with E-state index in [0.29, 0.717) is 38.5 Å². The molecule has 0 bridgehead atoms. The third-order valence-corrected chi connectivity index (χ3v) is 8.77. The highest BCUT2D eigenvalue weighted by atomic mass is 19.3. The molecule has 2 aliphatic carbocycles. The van der Waals surface area contributed by atoms with Gasteiger partial charge in [-0.3, -0.25) is 14.6 Å². The van der Waals surface area contributed by atoms with Crippen molar-refractivity contribution in [3.8, 4) is 17.2 Å². The molecule has 0 saturated heterocycles. The molecule has 8 nitrogen and oxygen atoms in total. The van der Waals surface area contributed by atoms with Gasteiger partial charge in [0.1, 0.15) is 35.1 Å². The van der Waals surface area contributed by atoms with Crippen LogP contribution >= 0.6 is 0 Å². The number of hydrogen-bond acceptors (Lipinski definition) is 5. The third kappa shape index (κ3) is 4.86. The first-order chi connectivity index (χ1) is 22.0. The van der Waals surface area contributed by atoms with Gasteiger partial charge >= 0.3 is 0 Å². The monoisotopic (exact) mass is 635 g/mol. The van der Waals surface area contributed by atoms with Gasteiger partial charge in [-0.05, 0) is 53.8 Å². The molecule has 1 saturated carbocycles. The second kappa shape index (κ2) is 10.7. The number of aromatic amines is 1. The first kappa shape index (κ1) is 29.5. The topological polar surface area (TPSA) is 112 Å². The quantitative estimate of drug-likeness (QED) is 0.190. The Morgan fingerprint density at radius 1 is 1.11 bits per heavy atom. The average molecular weight is 636 g/mol. The number of aromatic nitrogens is 5. The molecular formula is C32H23F6N7O. The molecular weight excluding hydrogens is 612 g/mol. The SMILES string of the molecule is CC1C2c3c(C(F)F)nn(CC(=O)N[C@@H](Cc4cc(F)cc(F)c4)c4nc5cn[nH]c5cc4-c4ccc(C#N)cc4)c3C(F)(F)C12. The molecule has 14 heteroatoms. The van der Waals surface area contributed by atoms with Crippen LogP contribution in [0.1, 0.15) is 59.1 Å². The second-order valence-electron chi connectivity index (χ2n) is 11.7. The summed E-state index contributed by atoms with van der Waals surface area (Å²) in [7, 11) is 0. The number of nitriles is 1. The molecule has 1 amide bonds. The molecule has 3 heterocycles. The highest BCUT2D eigenvalue weighted by molar-refractivity contribution is 5.83. The summed E-state index contributed by atoms with van der Waals surface area (Å²) in [5.74, 6) is -8.41. The van der Waals surface area contributed by atoms with Crippen LogP contribution in [0.3, 0.4) is 0 Å². The Kier molecular flexibility index (Phi) is 6.88. The summed E-state index contributed by atoms with van der Waals surface area (Å²) >= 11 is 0. The molecule has 2 N–H and O–H groups in total. The number of rotatable bonds is 8. The third-order valence-electron chi connectivity index (χ3n) is 8.77. The second-order valence-corrected chi connectivity index (χ2v) is 11.7. The zero-order chi connectivity index (χ0) is 32.5. The van der Waals surface area contributed by atoms with Gasteiger partial charge in [0, 0.05) is 29.0 Å². The van der Waals surface area contributed by atoms with Crippen molar-refractivity contribution in [2.45, 2.75) is 44.2 Å². The first-order valence-corrected chi connectivity index (χ1v) is 14.3. The molecule has 5 aromatic rings. The number of nitrogens with one attached hydrogen (secondary N) is 2. The van der Waals surface area contributed by atoms with Gasteiger partial charge in [-0.2, -0.15) is 24.2 Å². The fraction of sp³-hybridized carbons (Fsp3) is 0.281. The number of carbonyl (C=O) groups excluding carboxylic acids is 1. The van der Waals surface area contributed by atoms with E-state index in [9.17, 15) is 27.6 Å². The molecule has 0 spiro atoms. The molecule has 3 aromatic heterocycles. The Bertz CT molecular complexity index is 2030.